The molecule has 4 heteroatoms. The van der Waals surface area contributed by atoms with E-state index in [1.165, 1.54) is 25.7 Å². The summed E-state index contributed by atoms with van der Waals surface area (Å²) in [6, 6.07) is 0.568. The van der Waals surface area contributed by atoms with Crippen LogP contribution in [0.1, 0.15) is 45.1 Å². The highest BCUT2D eigenvalue weighted by atomic mass is 16.3. The maximum atomic E-state index is 10.5. The van der Waals surface area contributed by atoms with Gasteiger partial charge in [0.2, 0.25) is 0 Å². The summed E-state index contributed by atoms with van der Waals surface area (Å²) >= 11 is 0. The van der Waals surface area contributed by atoms with Crippen LogP contribution in [0.3, 0.4) is 0 Å². The van der Waals surface area contributed by atoms with Crippen molar-refractivity contribution in [2.24, 2.45) is 13.0 Å². The lowest BCUT2D eigenvalue weighted by Gasteiger charge is -2.25. The Morgan fingerprint density at radius 2 is 2.33 bits per heavy atom. The van der Waals surface area contributed by atoms with Gasteiger partial charge >= 0.3 is 0 Å². The van der Waals surface area contributed by atoms with E-state index in [-0.39, 0.29) is 0 Å². The van der Waals surface area contributed by atoms with Gasteiger partial charge in [-0.25, -0.2) is 0 Å². The first-order valence-corrected chi connectivity index (χ1v) is 6.96. The fourth-order valence-electron chi connectivity index (χ4n) is 2.78. The molecule has 2 N–H and O–H groups in total. The third kappa shape index (κ3) is 3.12. The van der Waals surface area contributed by atoms with Crippen LogP contribution in [0.15, 0.2) is 12.4 Å². The number of aryl methyl sites for hydroxylation is 1. The molecule has 102 valence electrons. The minimum atomic E-state index is -0.835. The van der Waals surface area contributed by atoms with Gasteiger partial charge in [-0.1, -0.05) is 13.3 Å². The largest absolute Gasteiger partial charge is 0.384 e. The summed E-state index contributed by atoms with van der Waals surface area (Å²) in [6.07, 6.45) is 8.71. The molecule has 4 nitrogen and oxygen atoms in total. The summed E-state index contributed by atoms with van der Waals surface area (Å²) in [5.41, 5.74) is 0.0426. The number of nitrogens with zero attached hydrogens (tertiary/aromatic N) is 2. The van der Waals surface area contributed by atoms with Crippen molar-refractivity contribution >= 4 is 0 Å². The van der Waals surface area contributed by atoms with E-state index in [1.807, 2.05) is 20.2 Å². The molecular formula is C14H25N3O. The molecule has 1 aliphatic carbocycles. The molecule has 1 aliphatic rings. The number of hydrogen-bond acceptors (Lipinski definition) is 3. The first-order valence-electron chi connectivity index (χ1n) is 6.96. The van der Waals surface area contributed by atoms with Gasteiger partial charge < -0.3 is 10.4 Å². The Balaban J connectivity index is 1.86. The fourth-order valence-corrected chi connectivity index (χ4v) is 2.78. The molecule has 0 aliphatic heterocycles. The van der Waals surface area contributed by atoms with Crippen LogP contribution in [0.25, 0.3) is 0 Å². The van der Waals surface area contributed by atoms with Crippen LogP contribution in [0.4, 0.5) is 0 Å². The van der Waals surface area contributed by atoms with Crippen molar-refractivity contribution in [1.82, 2.24) is 15.1 Å². The second-order valence-corrected chi connectivity index (χ2v) is 5.84. The Bertz CT molecular complexity index is 386. The van der Waals surface area contributed by atoms with Gasteiger partial charge in [-0.3, -0.25) is 4.68 Å². The molecule has 1 fully saturated rings. The first kappa shape index (κ1) is 13.6. The Labute approximate surface area is 109 Å². The second kappa shape index (κ2) is 5.41. The average molecular weight is 251 g/mol. The normalized spacial score (nSPS) is 27.3. The molecule has 3 atom stereocenters. The molecule has 1 aromatic rings. The summed E-state index contributed by atoms with van der Waals surface area (Å²) in [4.78, 5) is 0. The maximum Gasteiger partial charge on any atom is 0.102 e. The summed E-state index contributed by atoms with van der Waals surface area (Å²) in [7, 11) is 1.87. The minimum absolute atomic E-state index is 0.568. The van der Waals surface area contributed by atoms with Crippen molar-refractivity contribution in [3.63, 3.8) is 0 Å². The lowest BCUT2D eigenvalue weighted by atomic mass is 9.99. The Hall–Kier alpha value is -0.870. The molecule has 3 unspecified atom stereocenters. The molecule has 2 rings (SSSR count). The van der Waals surface area contributed by atoms with E-state index < -0.39 is 5.60 Å². The van der Waals surface area contributed by atoms with Crippen LogP contribution in [-0.2, 0) is 12.6 Å². The summed E-state index contributed by atoms with van der Waals surface area (Å²) in [5, 5.41) is 18.1. The standard InChI is InChI=1S/C14H25N3O/c1-4-11-5-6-13(7-11)15-10-14(2,18)12-8-16-17(3)9-12/h8-9,11,13,15,18H,4-7,10H2,1-3H3. The molecule has 1 heterocycles. The highest BCUT2D eigenvalue weighted by Gasteiger charge is 2.28. The summed E-state index contributed by atoms with van der Waals surface area (Å²) in [5.74, 6) is 0.867. The lowest BCUT2D eigenvalue weighted by Crippen LogP contribution is -2.39. The van der Waals surface area contributed by atoms with Crippen LogP contribution >= 0.6 is 0 Å². The molecule has 1 aromatic heterocycles. The third-order valence-electron chi connectivity index (χ3n) is 4.18. The van der Waals surface area contributed by atoms with Gasteiger partial charge in [-0.05, 0) is 32.1 Å². The fraction of sp³-hybridized carbons (Fsp3) is 0.786. The van der Waals surface area contributed by atoms with Crippen LogP contribution in [0.2, 0.25) is 0 Å². The van der Waals surface area contributed by atoms with Crippen molar-refractivity contribution in [2.45, 2.75) is 51.2 Å². The lowest BCUT2D eigenvalue weighted by molar-refractivity contribution is 0.0538. The van der Waals surface area contributed by atoms with E-state index in [0.29, 0.717) is 12.6 Å². The van der Waals surface area contributed by atoms with E-state index in [4.69, 9.17) is 0 Å². The van der Waals surface area contributed by atoms with Crippen molar-refractivity contribution in [1.29, 1.82) is 0 Å². The van der Waals surface area contributed by atoms with Gasteiger partial charge in [0, 0.05) is 31.4 Å². The zero-order chi connectivity index (χ0) is 13.2. The first-order chi connectivity index (χ1) is 8.51. The minimum Gasteiger partial charge on any atom is -0.384 e. The molecule has 0 radical (unpaired) electrons. The van der Waals surface area contributed by atoms with Gasteiger partial charge in [-0.2, -0.15) is 5.10 Å². The number of aromatic nitrogens is 2. The quantitative estimate of drug-likeness (QED) is 0.839. The second-order valence-electron chi connectivity index (χ2n) is 5.84. The van der Waals surface area contributed by atoms with E-state index in [1.54, 1.807) is 10.9 Å². The van der Waals surface area contributed by atoms with Crippen LogP contribution in [0.5, 0.6) is 0 Å². The maximum absolute atomic E-state index is 10.5. The Morgan fingerprint density at radius 1 is 1.56 bits per heavy atom. The molecular weight excluding hydrogens is 226 g/mol. The van der Waals surface area contributed by atoms with Gasteiger partial charge in [0.15, 0.2) is 0 Å². The van der Waals surface area contributed by atoms with Crippen LogP contribution in [0, 0.1) is 5.92 Å². The molecule has 0 spiro atoms. The smallest absolute Gasteiger partial charge is 0.102 e. The predicted octanol–water partition coefficient (Wildman–Crippen LogP) is 1.80. The van der Waals surface area contributed by atoms with E-state index >= 15 is 0 Å². The summed E-state index contributed by atoms with van der Waals surface area (Å²) in [6.45, 7) is 4.71. The number of rotatable bonds is 5. The zero-order valence-corrected chi connectivity index (χ0v) is 11.7. The highest BCUT2D eigenvalue weighted by molar-refractivity contribution is 5.14. The van der Waals surface area contributed by atoms with Crippen molar-refractivity contribution in [3.05, 3.63) is 18.0 Å². The topological polar surface area (TPSA) is 50.1 Å². The third-order valence-corrected chi connectivity index (χ3v) is 4.18. The SMILES string of the molecule is CCC1CCC(NCC(C)(O)c2cnn(C)c2)C1. The molecule has 18 heavy (non-hydrogen) atoms. The monoisotopic (exact) mass is 251 g/mol. The number of hydrogen-bond donors (Lipinski definition) is 2. The van der Waals surface area contributed by atoms with Gasteiger partial charge in [0.05, 0.1) is 6.20 Å². The molecule has 1 saturated carbocycles. The van der Waals surface area contributed by atoms with Gasteiger partial charge in [-0.15, -0.1) is 0 Å². The molecule has 0 saturated heterocycles. The van der Waals surface area contributed by atoms with Crippen molar-refractivity contribution in [3.8, 4) is 0 Å². The van der Waals surface area contributed by atoms with E-state index in [0.717, 1.165) is 11.5 Å². The number of aliphatic hydroxyl groups is 1. The molecule has 0 bridgehead atoms. The molecule has 0 aromatic carbocycles. The summed E-state index contributed by atoms with van der Waals surface area (Å²) < 4.78 is 1.73. The Morgan fingerprint density at radius 3 is 2.89 bits per heavy atom. The van der Waals surface area contributed by atoms with Crippen LogP contribution in [-0.4, -0.2) is 27.5 Å². The zero-order valence-electron chi connectivity index (χ0n) is 11.7. The number of nitrogens with one attached hydrogen (secondary N) is 1. The van der Waals surface area contributed by atoms with Crippen molar-refractivity contribution in [2.75, 3.05) is 6.54 Å². The highest BCUT2D eigenvalue weighted by Crippen LogP contribution is 2.28. The predicted molar refractivity (Wildman–Crippen MR) is 72.2 cm³/mol. The average Bonchev–Trinajstić information content (AvgIpc) is 2.95. The molecule has 0 amide bonds. The van der Waals surface area contributed by atoms with Gasteiger partial charge in [0.1, 0.15) is 5.60 Å². The van der Waals surface area contributed by atoms with Crippen LogP contribution < -0.4 is 5.32 Å². The van der Waals surface area contributed by atoms with E-state index in [2.05, 4.69) is 17.3 Å². The van der Waals surface area contributed by atoms with Gasteiger partial charge in [0.25, 0.3) is 0 Å². The van der Waals surface area contributed by atoms with Crippen molar-refractivity contribution < 1.29 is 5.11 Å². The van der Waals surface area contributed by atoms with E-state index in [9.17, 15) is 5.11 Å². The Kier molecular flexibility index (Phi) is 4.07.